The summed E-state index contributed by atoms with van der Waals surface area (Å²) in [5.74, 6) is -0.942. The molecule has 24 heavy (non-hydrogen) atoms. The lowest BCUT2D eigenvalue weighted by Crippen LogP contribution is -2.28. The summed E-state index contributed by atoms with van der Waals surface area (Å²) in [6, 6.07) is 11.9. The van der Waals surface area contributed by atoms with E-state index in [2.05, 4.69) is 5.32 Å². The van der Waals surface area contributed by atoms with Crippen LogP contribution < -0.4 is 5.32 Å². The zero-order chi connectivity index (χ0) is 17.5. The molecule has 4 nitrogen and oxygen atoms in total. The number of benzene rings is 2. The Morgan fingerprint density at radius 1 is 1.00 bits per heavy atom. The first-order valence-corrected chi connectivity index (χ1v) is 8.18. The third-order valence-corrected chi connectivity index (χ3v) is 3.91. The van der Waals surface area contributed by atoms with Gasteiger partial charge in [-0.3, -0.25) is 9.59 Å². The van der Waals surface area contributed by atoms with Crippen LogP contribution in [0.2, 0.25) is 15.1 Å². The molecule has 2 aromatic carbocycles. The highest BCUT2D eigenvalue weighted by atomic mass is 35.5. The lowest BCUT2D eigenvalue weighted by atomic mass is 10.1. The molecule has 0 aliphatic heterocycles. The Balaban J connectivity index is 1.75. The van der Waals surface area contributed by atoms with Crippen LogP contribution in [-0.4, -0.2) is 18.5 Å². The fourth-order valence-corrected chi connectivity index (χ4v) is 2.60. The molecule has 126 valence electrons. The number of amides is 1. The van der Waals surface area contributed by atoms with E-state index in [0.29, 0.717) is 27.2 Å². The molecule has 0 atom stereocenters. The predicted octanol–water partition coefficient (Wildman–Crippen LogP) is 4.05. The molecule has 0 aliphatic rings. The number of carbonyl (C=O) groups excluding carboxylic acids is 2. The fraction of sp³-hybridized carbons (Fsp3) is 0.176. The summed E-state index contributed by atoms with van der Waals surface area (Å²) in [6.07, 6.45) is -0.0302. The van der Waals surface area contributed by atoms with Crippen LogP contribution in [0.5, 0.6) is 0 Å². The van der Waals surface area contributed by atoms with Gasteiger partial charge in [0.05, 0.1) is 6.42 Å². The molecule has 0 bridgehead atoms. The second kappa shape index (κ2) is 8.92. The van der Waals surface area contributed by atoms with E-state index in [1.165, 1.54) is 0 Å². The van der Waals surface area contributed by atoms with Gasteiger partial charge in [-0.1, -0.05) is 53.0 Å². The molecular weight excluding hydrogens is 373 g/mol. The zero-order valence-electron chi connectivity index (χ0n) is 12.5. The van der Waals surface area contributed by atoms with Crippen LogP contribution in [0.4, 0.5) is 0 Å². The van der Waals surface area contributed by atoms with Crippen molar-refractivity contribution in [3.8, 4) is 0 Å². The highest BCUT2D eigenvalue weighted by Gasteiger charge is 2.11. The molecule has 7 heteroatoms. The monoisotopic (exact) mass is 385 g/mol. The Labute approximate surface area is 154 Å². The Hall–Kier alpha value is -1.75. The maximum atomic E-state index is 11.8. The van der Waals surface area contributed by atoms with Crippen molar-refractivity contribution in [1.29, 1.82) is 0 Å². The van der Waals surface area contributed by atoms with Crippen LogP contribution >= 0.6 is 34.8 Å². The molecule has 0 unspecified atom stereocenters. The van der Waals surface area contributed by atoms with E-state index in [4.69, 9.17) is 39.5 Å². The van der Waals surface area contributed by atoms with Crippen LogP contribution in [0.15, 0.2) is 42.5 Å². The maximum Gasteiger partial charge on any atom is 0.310 e. The smallest absolute Gasteiger partial charge is 0.310 e. The van der Waals surface area contributed by atoms with Gasteiger partial charge in [0.1, 0.15) is 0 Å². The van der Waals surface area contributed by atoms with Crippen molar-refractivity contribution >= 4 is 46.7 Å². The number of hydrogen-bond acceptors (Lipinski definition) is 3. The molecule has 0 radical (unpaired) electrons. The number of nitrogens with one attached hydrogen (secondary N) is 1. The maximum absolute atomic E-state index is 11.8. The number of ether oxygens (including phenoxy) is 1. The van der Waals surface area contributed by atoms with Crippen molar-refractivity contribution < 1.29 is 14.3 Å². The van der Waals surface area contributed by atoms with Crippen LogP contribution in [0.3, 0.4) is 0 Å². The van der Waals surface area contributed by atoms with Gasteiger partial charge in [0.15, 0.2) is 6.61 Å². The van der Waals surface area contributed by atoms with E-state index in [1.807, 2.05) is 6.07 Å². The van der Waals surface area contributed by atoms with Crippen molar-refractivity contribution in [1.82, 2.24) is 5.32 Å². The summed E-state index contributed by atoms with van der Waals surface area (Å²) < 4.78 is 4.94. The molecule has 0 spiro atoms. The predicted molar refractivity (Wildman–Crippen MR) is 94.4 cm³/mol. The molecule has 0 aliphatic carbocycles. The Kier molecular flexibility index (Phi) is 6.91. The van der Waals surface area contributed by atoms with Gasteiger partial charge < -0.3 is 10.1 Å². The average molecular weight is 387 g/mol. The van der Waals surface area contributed by atoms with E-state index in [-0.39, 0.29) is 13.0 Å². The van der Waals surface area contributed by atoms with Crippen LogP contribution in [-0.2, 0) is 27.3 Å². The summed E-state index contributed by atoms with van der Waals surface area (Å²) >= 11 is 17.6. The molecule has 2 aromatic rings. The van der Waals surface area contributed by atoms with Crippen molar-refractivity contribution in [2.24, 2.45) is 0 Å². The quantitative estimate of drug-likeness (QED) is 0.762. The van der Waals surface area contributed by atoms with Gasteiger partial charge in [-0.25, -0.2) is 0 Å². The van der Waals surface area contributed by atoms with Crippen molar-refractivity contribution in [2.45, 2.75) is 13.0 Å². The SMILES string of the molecule is O=C(COC(=O)Cc1ccc(Cl)cc1Cl)NCc1cccc(Cl)c1. The normalized spacial score (nSPS) is 10.3. The molecule has 2 rings (SSSR count). The number of hydrogen-bond donors (Lipinski definition) is 1. The van der Waals surface area contributed by atoms with Crippen LogP contribution in [0.1, 0.15) is 11.1 Å². The van der Waals surface area contributed by atoms with E-state index in [0.717, 1.165) is 5.56 Å². The number of rotatable bonds is 6. The molecule has 1 amide bonds. The molecule has 0 aromatic heterocycles. The minimum Gasteiger partial charge on any atom is -0.455 e. The Morgan fingerprint density at radius 2 is 1.75 bits per heavy atom. The first-order valence-electron chi connectivity index (χ1n) is 7.05. The highest BCUT2D eigenvalue weighted by Crippen LogP contribution is 2.21. The van der Waals surface area contributed by atoms with E-state index >= 15 is 0 Å². The van der Waals surface area contributed by atoms with Gasteiger partial charge in [-0.05, 0) is 35.4 Å². The Bertz CT molecular complexity index is 750. The third-order valence-electron chi connectivity index (χ3n) is 3.09. The van der Waals surface area contributed by atoms with Crippen LogP contribution in [0.25, 0.3) is 0 Å². The summed E-state index contributed by atoms with van der Waals surface area (Å²) in [7, 11) is 0. The number of carbonyl (C=O) groups is 2. The summed E-state index contributed by atoms with van der Waals surface area (Å²) in [5.41, 5.74) is 1.44. The molecular formula is C17H14Cl3NO3. The summed E-state index contributed by atoms with van der Waals surface area (Å²) in [5, 5.41) is 4.10. The van der Waals surface area contributed by atoms with Gasteiger partial charge in [0.2, 0.25) is 0 Å². The lowest BCUT2D eigenvalue weighted by molar-refractivity contribution is -0.147. The van der Waals surface area contributed by atoms with Crippen LogP contribution in [0, 0.1) is 0 Å². The van der Waals surface area contributed by atoms with Gasteiger partial charge in [-0.2, -0.15) is 0 Å². The van der Waals surface area contributed by atoms with Crippen molar-refractivity contribution in [3.63, 3.8) is 0 Å². The highest BCUT2D eigenvalue weighted by molar-refractivity contribution is 6.35. The fourth-order valence-electron chi connectivity index (χ4n) is 1.92. The molecule has 1 N–H and O–H groups in total. The molecule has 0 saturated heterocycles. The minimum absolute atomic E-state index is 0.0302. The average Bonchev–Trinajstić information content (AvgIpc) is 2.54. The summed E-state index contributed by atoms with van der Waals surface area (Å²) in [4.78, 5) is 23.5. The first-order chi connectivity index (χ1) is 11.4. The van der Waals surface area contributed by atoms with E-state index in [9.17, 15) is 9.59 Å². The first kappa shape index (κ1) is 18.6. The van der Waals surface area contributed by atoms with Gasteiger partial charge >= 0.3 is 5.97 Å². The summed E-state index contributed by atoms with van der Waals surface area (Å²) in [6.45, 7) is -0.0510. The number of esters is 1. The largest absolute Gasteiger partial charge is 0.455 e. The zero-order valence-corrected chi connectivity index (χ0v) is 14.8. The minimum atomic E-state index is -0.544. The van der Waals surface area contributed by atoms with Gasteiger partial charge in [-0.15, -0.1) is 0 Å². The van der Waals surface area contributed by atoms with E-state index in [1.54, 1.807) is 36.4 Å². The van der Waals surface area contributed by atoms with Gasteiger partial charge in [0, 0.05) is 21.6 Å². The molecule has 0 heterocycles. The van der Waals surface area contributed by atoms with E-state index < -0.39 is 11.9 Å². The van der Waals surface area contributed by atoms with Crippen molar-refractivity contribution in [3.05, 3.63) is 68.7 Å². The lowest BCUT2D eigenvalue weighted by Gasteiger charge is -2.08. The Morgan fingerprint density at radius 3 is 2.46 bits per heavy atom. The molecule has 0 fully saturated rings. The number of halogens is 3. The topological polar surface area (TPSA) is 55.4 Å². The second-order valence-corrected chi connectivity index (χ2v) is 6.26. The van der Waals surface area contributed by atoms with Gasteiger partial charge in [0.25, 0.3) is 5.91 Å². The van der Waals surface area contributed by atoms with Crippen molar-refractivity contribution in [2.75, 3.05) is 6.61 Å². The second-order valence-electron chi connectivity index (χ2n) is 4.98. The third kappa shape index (κ3) is 6.04. The standard InChI is InChI=1S/C17H14Cl3NO3/c18-13-3-1-2-11(6-13)9-21-16(22)10-24-17(23)7-12-4-5-14(19)8-15(12)20/h1-6,8H,7,9-10H2,(H,21,22). The molecule has 0 saturated carbocycles.